The van der Waals surface area contributed by atoms with E-state index < -0.39 is 11.6 Å². The first-order valence-electron chi connectivity index (χ1n) is 6.42. The Morgan fingerprint density at radius 3 is 2.11 bits per heavy atom. The summed E-state index contributed by atoms with van der Waals surface area (Å²) in [7, 11) is 0. The van der Waals surface area contributed by atoms with Crippen molar-refractivity contribution in [2.24, 2.45) is 5.92 Å². The molecule has 0 aromatic rings. The molecular weight excluding hydrogens is 234 g/mol. The smallest absolute Gasteiger partial charge is 0.163 e. The monoisotopic (exact) mass is 253 g/mol. The van der Waals surface area contributed by atoms with Crippen LogP contribution in [0.15, 0.2) is 0 Å². The summed E-state index contributed by atoms with van der Waals surface area (Å²) in [6.45, 7) is 7.52. The minimum atomic E-state index is -0.657. The molecule has 2 saturated heterocycles. The molecule has 3 aliphatic rings. The maximum atomic E-state index is 9.28. The molecule has 0 aromatic carbocycles. The van der Waals surface area contributed by atoms with Crippen molar-refractivity contribution < 1.29 is 18.9 Å². The number of ether oxygens (including phenoxy) is 4. The molecule has 1 aliphatic carbocycles. The van der Waals surface area contributed by atoms with Crippen LogP contribution >= 0.6 is 0 Å². The van der Waals surface area contributed by atoms with Crippen LogP contribution < -0.4 is 0 Å². The third-order valence-corrected chi connectivity index (χ3v) is 3.76. The van der Waals surface area contributed by atoms with E-state index >= 15 is 0 Å². The Bertz CT molecular complexity index is 400. The molecule has 5 nitrogen and oxygen atoms in total. The highest BCUT2D eigenvalue weighted by molar-refractivity contribution is 5.08. The third-order valence-electron chi connectivity index (χ3n) is 3.76. The van der Waals surface area contributed by atoms with Crippen LogP contribution in [0.3, 0.4) is 0 Å². The van der Waals surface area contributed by atoms with Gasteiger partial charge in [0.25, 0.3) is 0 Å². The minimum Gasteiger partial charge on any atom is -0.344 e. The van der Waals surface area contributed by atoms with Gasteiger partial charge in [-0.25, -0.2) is 0 Å². The summed E-state index contributed by atoms with van der Waals surface area (Å²) in [6, 6.07) is 2.31. The van der Waals surface area contributed by atoms with Crippen molar-refractivity contribution in [1.29, 1.82) is 5.26 Å². The standard InChI is InChI=1S/C13H19NO4/c1-12(2)15-8-5-7(6-14)9-11(10(8)17-12)18-13(3,4)16-9/h7-11H,5H2,1-4H3/t7-,8+,9+,10+,11+/m0/s1. The number of fused-ring (bicyclic) bond motifs is 3. The molecule has 0 aromatic heterocycles. The maximum Gasteiger partial charge on any atom is 0.163 e. The Hall–Kier alpha value is -0.670. The van der Waals surface area contributed by atoms with Crippen molar-refractivity contribution in [1.82, 2.24) is 0 Å². The fourth-order valence-corrected chi connectivity index (χ4v) is 3.22. The first-order valence-corrected chi connectivity index (χ1v) is 6.42. The highest BCUT2D eigenvalue weighted by Gasteiger charge is 2.59. The average molecular weight is 253 g/mol. The zero-order valence-corrected chi connectivity index (χ0v) is 11.2. The Balaban J connectivity index is 1.89. The molecule has 0 amide bonds. The second kappa shape index (κ2) is 3.67. The molecule has 5 atom stereocenters. The number of hydrogen-bond donors (Lipinski definition) is 0. The van der Waals surface area contributed by atoms with E-state index in [9.17, 15) is 5.26 Å². The molecule has 5 heteroatoms. The highest BCUT2D eigenvalue weighted by Crippen LogP contribution is 2.46. The predicted octanol–water partition coefficient (Wildman–Crippen LogP) is 1.57. The summed E-state index contributed by atoms with van der Waals surface area (Å²) in [5.41, 5.74) is 0. The average Bonchev–Trinajstić information content (AvgIpc) is 2.71. The summed E-state index contributed by atoms with van der Waals surface area (Å²) in [6.07, 6.45) is -0.0146. The quantitative estimate of drug-likeness (QED) is 0.655. The van der Waals surface area contributed by atoms with Crippen LogP contribution in [-0.4, -0.2) is 36.0 Å². The first-order chi connectivity index (χ1) is 8.31. The summed E-state index contributed by atoms with van der Waals surface area (Å²) < 4.78 is 23.5. The van der Waals surface area contributed by atoms with Crippen LogP contribution in [0.4, 0.5) is 0 Å². The number of hydrogen-bond acceptors (Lipinski definition) is 5. The molecule has 3 rings (SSSR count). The molecule has 3 fully saturated rings. The van der Waals surface area contributed by atoms with E-state index in [2.05, 4.69) is 6.07 Å². The molecular formula is C13H19NO4. The summed E-state index contributed by atoms with van der Waals surface area (Å²) in [4.78, 5) is 0. The lowest BCUT2D eigenvalue weighted by molar-refractivity contribution is -0.176. The van der Waals surface area contributed by atoms with E-state index in [-0.39, 0.29) is 30.3 Å². The molecule has 0 radical (unpaired) electrons. The number of nitrogens with zero attached hydrogens (tertiary/aromatic N) is 1. The molecule has 0 N–H and O–H groups in total. The number of rotatable bonds is 0. The summed E-state index contributed by atoms with van der Waals surface area (Å²) in [5, 5.41) is 9.28. The van der Waals surface area contributed by atoms with Gasteiger partial charge in [0.2, 0.25) is 0 Å². The van der Waals surface area contributed by atoms with Crippen molar-refractivity contribution in [3.63, 3.8) is 0 Å². The zero-order valence-electron chi connectivity index (χ0n) is 11.2. The van der Waals surface area contributed by atoms with Gasteiger partial charge >= 0.3 is 0 Å². The van der Waals surface area contributed by atoms with Gasteiger partial charge < -0.3 is 18.9 Å². The van der Waals surface area contributed by atoms with Gasteiger partial charge in [0.15, 0.2) is 11.6 Å². The van der Waals surface area contributed by atoms with Gasteiger partial charge in [-0.1, -0.05) is 0 Å². The van der Waals surface area contributed by atoms with Crippen molar-refractivity contribution in [3.8, 4) is 6.07 Å². The van der Waals surface area contributed by atoms with Crippen LogP contribution in [0.25, 0.3) is 0 Å². The van der Waals surface area contributed by atoms with Crippen molar-refractivity contribution in [2.45, 2.75) is 70.1 Å². The normalized spacial score (nSPS) is 48.3. The molecule has 2 heterocycles. The van der Waals surface area contributed by atoms with Crippen molar-refractivity contribution in [3.05, 3.63) is 0 Å². The predicted molar refractivity (Wildman–Crippen MR) is 61.4 cm³/mol. The zero-order chi connectivity index (χ0) is 13.1. The van der Waals surface area contributed by atoms with Gasteiger partial charge in [-0.3, -0.25) is 0 Å². The first kappa shape index (κ1) is 12.4. The maximum absolute atomic E-state index is 9.28. The minimum absolute atomic E-state index is 0.0802. The summed E-state index contributed by atoms with van der Waals surface area (Å²) >= 11 is 0. The fraction of sp³-hybridized carbons (Fsp3) is 0.923. The lowest BCUT2D eigenvalue weighted by Gasteiger charge is -2.33. The van der Waals surface area contributed by atoms with Crippen LogP contribution in [0.5, 0.6) is 0 Å². The molecule has 0 spiro atoms. The van der Waals surface area contributed by atoms with Crippen LogP contribution in [-0.2, 0) is 18.9 Å². The van der Waals surface area contributed by atoms with Crippen LogP contribution in [0.2, 0.25) is 0 Å². The lowest BCUT2D eigenvalue weighted by Crippen LogP contribution is -2.50. The van der Waals surface area contributed by atoms with Gasteiger partial charge in [-0.15, -0.1) is 0 Å². The second-order valence-corrected chi connectivity index (χ2v) is 6.17. The second-order valence-electron chi connectivity index (χ2n) is 6.17. The van der Waals surface area contributed by atoms with Gasteiger partial charge in [0.05, 0.1) is 18.1 Å². The molecule has 1 saturated carbocycles. The topological polar surface area (TPSA) is 60.7 Å². The SMILES string of the molecule is CC1(C)O[C@@H]2[C@H](O1)[C@H](C#N)C[C@H]1OC(C)(C)O[C@@H]21. The molecule has 0 unspecified atom stereocenters. The lowest BCUT2D eigenvalue weighted by atomic mass is 9.82. The van der Waals surface area contributed by atoms with Gasteiger partial charge in [0.1, 0.15) is 18.3 Å². The van der Waals surface area contributed by atoms with Crippen LogP contribution in [0, 0.1) is 17.2 Å². The largest absolute Gasteiger partial charge is 0.344 e. The van der Waals surface area contributed by atoms with E-state index in [1.165, 1.54) is 0 Å². The van der Waals surface area contributed by atoms with Gasteiger partial charge in [-0.2, -0.15) is 5.26 Å². The van der Waals surface area contributed by atoms with E-state index in [1.54, 1.807) is 0 Å². The fourth-order valence-electron chi connectivity index (χ4n) is 3.22. The third kappa shape index (κ3) is 1.84. The molecule has 18 heavy (non-hydrogen) atoms. The van der Waals surface area contributed by atoms with E-state index in [1.807, 2.05) is 27.7 Å². The Kier molecular flexibility index (Phi) is 2.52. The van der Waals surface area contributed by atoms with E-state index in [4.69, 9.17) is 18.9 Å². The highest BCUT2D eigenvalue weighted by atomic mass is 16.8. The van der Waals surface area contributed by atoms with Crippen molar-refractivity contribution >= 4 is 0 Å². The Labute approximate surface area is 107 Å². The molecule has 2 aliphatic heterocycles. The number of nitriles is 1. The summed E-state index contributed by atoms with van der Waals surface area (Å²) in [5.74, 6) is -1.47. The molecule has 100 valence electrons. The molecule has 0 bridgehead atoms. The van der Waals surface area contributed by atoms with Crippen LogP contribution in [0.1, 0.15) is 34.1 Å². The Morgan fingerprint density at radius 2 is 1.44 bits per heavy atom. The van der Waals surface area contributed by atoms with E-state index in [0.29, 0.717) is 6.42 Å². The van der Waals surface area contributed by atoms with E-state index in [0.717, 1.165) is 0 Å². The Morgan fingerprint density at radius 1 is 0.889 bits per heavy atom. The van der Waals surface area contributed by atoms with Crippen molar-refractivity contribution in [2.75, 3.05) is 0 Å². The van der Waals surface area contributed by atoms with Gasteiger partial charge in [-0.05, 0) is 34.1 Å². The van der Waals surface area contributed by atoms with Gasteiger partial charge in [0, 0.05) is 0 Å².